The molecule has 1 aliphatic rings. The summed E-state index contributed by atoms with van der Waals surface area (Å²) in [7, 11) is 0. The molecule has 1 aliphatic heterocycles. The minimum Gasteiger partial charge on any atom is -0.397 e. The molecule has 0 aromatic heterocycles. The molecule has 0 amide bonds. The van der Waals surface area contributed by atoms with E-state index < -0.39 is 0 Å². The molecule has 1 fully saturated rings. The zero-order valence-corrected chi connectivity index (χ0v) is 9.75. The Bertz CT molecular complexity index is 365. The maximum atomic E-state index is 13.2. The molecule has 1 saturated heterocycles. The lowest BCUT2D eigenvalue weighted by Gasteiger charge is -2.20. The molecule has 0 aliphatic carbocycles. The third kappa shape index (κ3) is 2.29. The fraction of sp³-hybridized carbons (Fsp3) is 0.538. The average Bonchev–Trinajstić information content (AvgIpc) is 2.71. The van der Waals surface area contributed by atoms with E-state index in [1.54, 1.807) is 12.1 Å². The maximum absolute atomic E-state index is 13.2. The Hall–Kier alpha value is -1.25. The van der Waals surface area contributed by atoms with Gasteiger partial charge >= 0.3 is 0 Å². The van der Waals surface area contributed by atoms with Gasteiger partial charge in [0.15, 0.2) is 0 Å². The third-order valence-corrected chi connectivity index (χ3v) is 3.32. The van der Waals surface area contributed by atoms with Crippen molar-refractivity contribution in [2.24, 2.45) is 5.92 Å². The Kier molecular flexibility index (Phi) is 3.32. The van der Waals surface area contributed by atoms with Crippen LogP contribution in [0, 0.1) is 11.7 Å². The van der Waals surface area contributed by atoms with Crippen LogP contribution in [0.4, 0.5) is 15.8 Å². The van der Waals surface area contributed by atoms with Crippen molar-refractivity contribution in [3.05, 3.63) is 24.0 Å². The summed E-state index contributed by atoms with van der Waals surface area (Å²) >= 11 is 0. The van der Waals surface area contributed by atoms with Gasteiger partial charge in [0, 0.05) is 13.1 Å². The first-order chi connectivity index (χ1) is 7.70. The highest BCUT2D eigenvalue weighted by atomic mass is 19.1. The van der Waals surface area contributed by atoms with E-state index >= 15 is 0 Å². The molecular formula is C13H19FN2. The Balaban J connectivity index is 2.11. The standard InChI is InChI=1S/C13H19FN2/c1-2-3-10-6-7-16(9-10)13-8-11(14)4-5-12(13)15/h4-5,8,10H,2-3,6-7,9,15H2,1H3. The SMILES string of the molecule is CCCC1CCN(c2cc(F)ccc2N)C1. The van der Waals surface area contributed by atoms with Crippen LogP contribution in [0.25, 0.3) is 0 Å². The minimum absolute atomic E-state index is 0.205. The maximum Gasteiger partial charge on any atom is 0.125 e. The number of hydrogen-bond acceptors (Lipinski definition) is 2. The van der Waals surface area contributed by atoms with Gasteiger partial charge in [0.2, 0.25) is 0 Å². The molecule has 1 heterocycles. The summed E-state index contributed by atoms with van der Waals surface area (Å²) in [6.07, 6.45) is 3.67. The molecule has 1 unspecified atom stereocenters. The van der Waals surface area contributed by atoms with E-state index in [2.05, 4.69) is 11.8 Å². The Morgan fingerprint density at radius 2 is 2.31 bits per heavy atom. The molecule has 0 radical (unpaired) electrons. The van der Waals surface area contributed by atoms with E-state index in [4.69, 9.17) is 5.73 Å². The largest absolute Gasteiger partial charge is 0.397 e. The average molecular weight is 222 g/mol. The van der Waals surface area contributed by atoms with Gasteiger partial charge in [-0.25, -0.2) is 4.39 Å². The fourth-order valence-corrected chi connectivity index (χ4v) is 2.49. The number of nitrogen functional groups attached to an aromatic ring is 1. The fourth-order valence-electron chi connectivity index (χ4n) is 2.49. The van der Waals surface area contributed by atoms with Crippen molar-refractivity contribution in [1.82, 2.24) is 0 Å². The van der Waals surface area contributed by atoms with Gasteiger partial charge in [0.25, 0.3) is 0 Å². The molecule has 0 saturated carbocycles. The van der Waals surface area contributed by atoms with Gasteiger partial charge in [-0.1, -0.05) is 13.3 Å². The molecule has 1 atom stereocenters. The van der Waals surface area contributed by atoms with Crippen molar-refractivity contribution in [2.45, 2.75) is 26.2 Å². The van der Waals surface area contributed by atoms with Crippen molar-refractivity contribution < 1.29 is 4.39 Å². The Morgan fingerprint density at radius 1 is 1.50 bits per heavy atom. The lowest BCUT2D eigenvalue weighted by molar-refractivity contribution is 0.529. The number of rotatable bonds is 3. The van der Waals surface area contributed by atoms with Crippen LogP contribution in [0.5, 0.6) is 0 Å². The number of anilines is 2. The van der Waals surface area contributed by atoms with Crippen LogP contribution >= 0.6 is 0 Å². The molecule has 1 aromatic rings. The predicted octanol–water partition coefficient (Wildman–Crippen LogP) is 3.03. The summed E-state index contributed by atoms with van der Waals surface area (Å²) in [5, 5.41) is 0. The summed E-state index contributed by atoms with van der Waals surface area (Å²) in [5.74, 6) is 0.538. The molecule has 2 nitrogen and oxygen atoms in total. The van der Waals surface area contributed by atoms with Gasteiger partial charge in [0.1, 0.15) is 5.82 Å². The summed E-state index contributed by atoms with van der Waals surface area (Å²) in [6, 6.07) is 4.61. The van der Waals surface area contributed by atoms with Gasteiger partial charge in [0.05, 0.1) is 11.4 Å². The van der Waals surface area contributed by atoms with Crippen LogP contribution < -0.4 is 10.6 Å². The molecule has 0 spiro atoms. The van der Waals surface area contributed by atoms with Crippen LogP contribution in [-0.2, 0) is 0 Å². The summed E-state index contributed by atoms with van der Waals surface area (Å²) in [4.78, 5) is 2.21. The van der Waals surface area contributed by atoms with Crippen LogP contribution in [-0.4, -0.2) is 13.1 Å². The normalized spacial score (nSPS) is 20.4. The molecule has 2 rings (SSSR count). The van der Waals surface area contributed by atoms with Crippen molar-refractivity contribution in [2.75, 3.05) is 23.7 Å². The van der Waals surface area contributed by atoms with Gasteiger partial charge in [-0.05, 0) is 37.0 Å². The number of halogens is 1. The first-order valence-electron chi connectivity index (χ1n) is 6.00. The van der Waals surface area contributed by atoms with Crippen LogP contribution in [0.15, 0.2) is 18.2 Å². The third-order valence-electron chi connectivity index (χ3n) is 3.32. The van der Waals surface area contributed by atoms with Crippen LogP contribution in [0.3, 0.4) is 0 Å². The number of hydrogen-bond donors (Lipinski definition) is 1. The quantitative estimate of drug-likeness (QED) is 0.796. The monoisotopic (exact) mass is 222 g/mol. The highest BCUT2D eigenvalue weighted by Gasteiger charge is 2.23. The van der Waals surface area contributed by atoms with Gasteiger partial charge < -0.3 is 10.6 Å². The van der Waals surface area contributed by atoms with E-state index in [1.807, 2.05) is 0 Å². The zero-order chi connectivity index (χ0) is 11.5. The lowest BCUT2D eigenvalue weighted by atomic mass is 10.0. The van der Waals surface area contributed by atoms with E-state index in [1.165, 1.54) is 25.3 Å². The van der Waals surface area contributed by atoms with Crippen molar-refractivity contribution in [3.63, 3.8) is 0 Å². The second kappa shape index (κ2) is 4.73. The predicted molar refractivity (Wildman–Crippen MR) is 66.0 cm³/mol. The molecule has 0 bridgehead atoms. The van der Waals surface area contributed by atoms with Gasteiger partial charge in [-0.15, -0.1) is 0 Å². The number of nitrogens with two attached hydrogens (primary N) is 1. The lowest BCUT2D eigenvalue weighted by Crippen LogP contribution is -2.21. The van der Waals surface area contributed by atoms with Crippen molar-refractivity contribution in [3.8, 4) is 0 Å². The summed E-state index contributed by atoms with van der Waals surface area (Å²) in [6.45, 7) is 4.22. The first-order valence-corrected chi connectivity index (χ1v) is 6.00. The molecule has 1 aromatic carbocycles. The van der Waals surface area contributed by atoms with E-state index in [0.717, 1.165) is 24.7 Å². The van der Waals surface area contributed by atoms with Crippen molar-refractivity contribution >= 4 is 11.4 Å². The molecule has 16 heavy (non-hydrogen) atoms. The Morgan fingerprint density at radius 3 is 3.06 bits per heavy atom. The second-order valence-electron chi connectivity index (χ2n) is 4.59. The summed E-state index contributed by atoms with van der Waals surface area (Å²) in [5.41, 5.74) is 7.42. The zero-order valence-electron chi connectivity index (χ0n) is 9.75. The highest BCUT2D eigenvalue weighted by Crippen LogP contribution is 2.30. The minimum atomic E-state index is -0.205. The van der Waals surface area contributed by atoms with E-state index in [9.17, 15) is 4.39 Å². The second-order valence-corrected chi connectivity index (χ2v) is 4.59. The van der Waals surface area contributed by atoms with Crippen molar-refractivity contribution in [1.29, 1.82) is 0 Å². The van der Waals surface area contributed by atoms with Gasteiger partial charge in [-0.2, -0.15) is 0 Å². The summed E-state index contributed by atoms with van der Waals surface area (Å²) < 4.78 is 13.2. The first kappa shape index (κ1) is 11.2. The molecule has 88 valence electrons. The van der Waals surface area contributed by atoms with E-state index in [0.29, 0.717) is 5.69 Å². The van der Waals surface area contributed by atoms with Crippen LogP contribution in [0.1, 0.15) is 26.2 Å². The number of benzene rings is 1. The molecule has 3 heteroatoms. The highest BCUT2D eigenvalue weighted by molar-refractivity contribution is 5.67. The smallest absolute Gasteiger partial charge is 0.125 e. The number of nitrogens with zero attached hydrogens (tertiary/aromatic N) is 1. The molecule has 2 N–H and O–H groups in total. The van der Waals surface area contributed by atoms with Gasteiger partial charge in [-0.3, -0.25) is 0 Å². The van der Waals surface area contributed by atoms with Crippen LogP contribution in [0.2, 0.25) is 0 Å². The van der Waals surface area contributed by atoms with E-state index in [-0.39, 0.29) is 5.82 Å². The topological polar surface area (TPSA) is 29.3 Å². The molecular weight excluding hydrogens is 203 g/mol. The Labute approximate surface area is 96.2 Å².